The molecular weight excluding hydrogens is 354 g/mol. The number of rotatable bonds is 7. The van der Waals surface area contributed by atoms with Crippen LogP contribution in [-0.4, -0.2) is 58.1 Å². The van der Waals surface area contributed by atoms with Gasteiger partial charge >= 0.3 is 5.97 Å². The SMILES string of the molecule is CCN(CC(=O)O)C1CCN(Cc2coc(-c3cccc(Cl)c3)n2)CC1. The Kier molecular flexibility index (Phi) is 6.29. The first-order valence-electron chi connectivity index (χ1n) is 8.93. The number of carboxylic acids is 1. The first-order chi connectivity index (χ1) is 12.5. The van der Waals surface area contributed by atoms with Crippen LogP contribution in [0.1, 0.15) is 25.5 Å². The van der Waals surface area contributed by atoms with Crippen molar-refractivity contribution < 1.29 is 14.3 Å². The average Bonchev–Trinajstić information content (AvgIpc) is 3.09. The molecule has 2 heterocycles. The quantitative estimate of drug-likeness (QED) is 0.797. The summed E-state index contributed by atoms with van der Waals surface area (Å²) < 4.78 is 5.60. The van der Waals surface area contributed by atoms with Crippen LogP contribution in [-0.2, 0) is 11.3 Å². The molecule has 1 aliphatic heterocycles. The molecule has 140 valence electrons. The third kappa shape index (κ3) is 4.84. The summed E-state index contributed by atoms with van der Waals surface area (Å²) in [4.78, 5) is 19.9. The maximum Gasteiger partial charge on any atom is 0.317 e. The van der Waals surface area contributed by atoms with E-state index in [1.807, 2.05) is 36.1 Å². The standard InChI is InChI=1S/C19H24ClN3O3/c1-2-23(12-18(24)25)17-6-8-22(9-7-17)11-16-13-26-19(21-16)14-4-3-5-15(20)10-14/h3-5,10,13,17H,2,6-9,11-12H2,1H3,(H,24,25). The highest BCUT2D eigenvalue weighted by Gasteiger charge is 2.25. The van der Waals surface area contributed by atoms with Gasteiger partial charge in [0, 0.05) is 36.3 Å². The Hall–Kier alpha value is -1.89. The number of hydrogen-bond donors (Lipinski definition) is 1. The lowest BCUT2D eigenvalue weighted by molar-refractivity contribution is -0.139. The minimum Gasteiger partial charge on any atom is -0.480 e. The molecule has 0 radical (unpaired) electrons. The molecule has 1 aromatic carbocycles. The number of nitrogens with zero attached hydrogens (tertiary/aromatic N) is 3. The summed E-state index contributed by atoms with van der Waals surface area (Å²) in [7, 11) is 0. The number of halogens is 1. The number of likely N-dealkylation sites (N-methyl/N-ethyl adjacent to an activating group) is 1. The second-order valence-corrected chi connectivity index (χ2v) is 7.05. The predicted molar refractivity (Wildman–Crippen MR) is 100 cm³/mol. The molecule has 2 aromatic rings. The maximum atomic E-state index is 11.0. The number of aromatic nitrogens is 1. The van der Waals surface area contributed by atoms with Crippen LogP contribution in [0, 0.1) is 0 Å². The molecule has 1 aliphatic rings. The largest absolute Gasteiger partial charge is 0.480 e. The van der Waals surface area contributed by atoms with E-state index in [1.54, 1.807) is 6.26 Å². The van der Waals surface area contributed by atoms with Gasteiger partial charge in [-0.1, -0.05) is 24.6 Å². The van der Waals surface area contributed by atoms with Crippen molar-refractivity contribution in [3.63, 3.8) is 0 Å². The minimum atomic E-state index is -0.759. The van der Waals surface area contributed by atoms with Crippen molar-refractivity contribution in [3.8, 4) is 11.5 Å². The fourth-order valence-electron chi connectivity index (χ4n) is 3.48. The number of aliphatic carboxylic acids is 1. The summed E-state index contributed by atoms with van der Waals surface area (Å²) in [5.74, 6) is -0.179. The highest BCUT2D eigenvalue weighted by molar-refractivity contribution is 6.30. The van der Waals surface area contributed by atoms with E-state index in [9.17, 15) is 4.79 Å². The van der Waals surface area contributed by atoms with Crippen LogP contribution < -0.4 is 0 Å². The molecule has 0 saturated carbocycles. The molecule has 1 fully saturated rings. The number of benzene rings is 1. The molecule has 3 rings (SSSR count). The van der Waals surface area contributed by atoms with E-state index in [4.69, 9.17) is 21.1 Å². The highest BCUT2D eigenvalue weighted by atomic mass is 35.5. The van der Waals surface area contributed by atoms with Gasteiger partial charge in [0.2, 0.25) is 5.89 Å². The number of oxazole rings is 1. The summed E-state index contributed by atoms with van der Waals surface area (Å²) in [5, 5.41) is 9.69. The highest BCUT2D eigenvalue weighted by Crippen LogP contribution is 2.23. The molecule has 0 atom stereocenters. The van der Waals surface area contributed by atoms with E-state index in [0.717, 1.165) is 50.3 Å². The summed E-state index contributed by atoms with van der Waals surface area (Å²) in [6.45, 7) is 5.50. The Morgan fingerprint density at radius 3 is 2.85 bits per heavy atom. The number of likely N-dealkylation sites (tertiary alicyclic amines) is 1. The Morgan fingerprint density at radius 2 is 2.19 bits per heavy atom. The lowest BCUT2D eigenvalue weighted by atomic mass is 10.0. The third-order valence-corrected chi connectivity index (χ3v) is 5.06. The van der Waals surface area contributed by atoms with E-state index in [1.165, 1.54) is 0 Å². The molecule has 26 heavy (non-hydrogen) atoms. The first-order valence-corrected chi connectivity index (χ1v) is 9.31. The number of hydrogen-bond acceptors (Lipinski definition) is 5. The van der Waals surface area contributed by atoms with Crippen LogP contribution in [0.25, 0.3) is 11.5 Å². The molecule has 0 bridgehead atoms. The van der Waals surface area contributed by atoms with Crippen LogP contribution in [0.3, 0.4) is 0 Å². The zero-order valence-electron chi connectivity index (χ0n) is 14.9. The number of carboxylic acid groups (broad SMARTS) is 1. The van der Waals surface area contributed by atoms with E-state index in [2.05, 4.69) is 9.88 Å². The zero-order chi connectivity index (χ0) is 18.5. The van der Waals surface area contributed by atoms with Crippen LogP contribution in [0.2, 0.25) is 5.02 Å². The Bertz CT molecular complexity index is 741. The normalized spacial score (nSPS) is 16.3. The van der Waals surface area contributed by atoms with Crippen molar-refractivity contribution in [3.05, 3.63) is 41.2 Å². The second-order valence-electron chi connectivity index (χ2n) is 6.62. The molecule has 1 aromatic heterocycles. The fourth-order valence-corrected chi connectivity index (χ4v) is 3.67. The van der Waals surface area contributed by atoms with Crippen LogP contribution in [0.15, 0.2) is 34.9 Å². The number of carbonyl (C=O) groups is 1. The smallest absolute Gasteiger partial charge is 0.317 e. The maximum absolute atomic E-state index is 11.0. The molecule has 0 unspecified atom stereocenters. The van der Waals surface area contributed by atoms with Crippen molar-refractivity contribution >= 4 is 17.6 Å². The van der Waals surface area contributed by atoms with E-state index < -0.39 is 5.97 Å². The van der Waals surface area contributed by atoms with E-state index in [0.29, 0.717) is 17.0 Å². The van der Waals surface area contributed by atoms with Gasteiger partial charge in [-0.2, -0.15) is 0 Å². The van der Waals surface area contributed by atoms with Gasteiger partial charge < -0.3 is 9.52 Å². The lowest BCUT2D eigenvalue weighted by Gasteiger charge is -2.37. The Balaban J connectivity index is 1.54. The summed E-state index contributed by atoms with van der Waals surface area (Å²) >= 11 is 6.02. The van der Waals surface area contributed by atoms with Crippen molar-refractivity contribution in [1.29, 1.82) is 0 Å². The van der Waals surface area contributed by atoms with Crippen molar-refractivity contribution in [1.82, 2.24) is 14.8 Å². The van der Waals surface area contributed by atoms with Crippen molar-refractivity contribution in [2.75, 3.05) is 26.2 Å². The topological polar surface area (TPSA) is 69.8 Å². The fraction of sp³-hybridized carbons (Fsp3) is 0.474. The Labute approximate surface area is 158 Å². The summed E-state index contributed by atoms with van der Waals surface area (Å²) in [6, 6.07) is 7.80. The van der Waals surface area contributed by atoms with E-state index in [-0.39, 0.29) is 6.54 Å². The van der Waals surface area contributed by atoms with Gasteiger partial charge in [0.05, 0.1) is 12.2 Å². The second kappa shape index (κ2) is 8.66. The molecular formula is C19H24ClN3O3. The molecule has 0 spiro atoms. The van der Waals surface area contributed by atoms with Gasteiger partial charge in [-0.3, -0.25) is 14.6 Å². The Morgan fingerprint density at radius 1 is 1.42 bits per heavy atom. The van der Waals surface area contributed by atoms with Crippen molar-refractivity contribution in [2.45, 2.75) is 32.4 Å². The summed E-state index contributed by atoms with van der Waals surface area (Å²) in [5.41, 5.74) is 1.77. The average molecular weight is 378 g/mol. The van der Waals surface area contributed by atoms with Crippen LogP contribution >= 0.6 is 11.6 Å². The van der Waals surface area contributed by atoms with Gasteiger partial charge in [0.25, 0.3) is 0 Å². The van der Waals surface area contributed by atoms with Gasteiger partial charge in [0.1, 0.15) is 6.26 Å². The predicted octanol–water partition coefficient (Wildman–Crippen LogP) is 3.37. The molecule has 7 heteroatoms. The molecule has 0 aliphatic carbocycles. The van der Waals surface area contributed by atoms with Crippen molar-refractivity contribution in [2.24, 2.45) is 0 Å². The van der Waals surface area contributed by atoms with Gasteiger partial charge in [-0.05, 0) is 37.6 Å². The molecule has 6 nitrogen and oxygen atoms in total. The van der Waals surface area contributed by atoms with Crippen LogP contribution in [0.5, 0.6) is 0 Å². The van der Waals surface area contributed by atoms with Crippen LogP contribution in [0.4, 0.5) is 0 Å². The van der Waals surface area contributed by atoms with E-state index >= 15 is 0 Å². The molecule has 1 N–H and O–H groups in total. The monoisotopic (exact) mass is 377 g/mol. The van der Waals surface area contributed by atoms with Gasteiger partial charge in [-0.25, -0.2) is 4.98 Å². The lowest BCUT2D eigenvalue weighted by Crippen LogP contribution is -2.46. The molecule has 1 saturated heterocycles. The van der Waals surface area contributed by atoms with Gasteiger partial charge in [0.15, 0.2) is 0 Å². The minimum absolute atomic E-state index is 0.119. The van der Waals surface area contributed by atoms with Gasteiger partial charge in [-0.15, -0.1) is 0 Å². The third-order valence-electron chi connectivity index (χ3n) is 4.83. The molecule has 0 amide bonds. The zero-order valence-corrected chi connectivity index (χ0v) is 15.7. The first kappa shape index (κ1) is 18.9. The number of piperidine rings is 1. The summed E-state index contributed by atoms with van der Waals surface area (Å²) in [6.07, 6.45) is 3.64.